The first-order chi connectivity index (χ1) is 12.6. The molecule has 0 heterocycles. The third-order valence-electron chi connectivity index (χ3n) is 3.89. The van der Waals surface area contributed by atoms with Crippen LogP contribution in [0.15, 0.2) is 77.7 Å². The highest BCUT2D eigenvalue weighted by Crippen LogP contribution is 2.28. The maximum Gasteiger partial charge on any atom is 0.283 e. The fourth-order valence-electron chi connectivity index (χ4n) is 2.55. The van der Waals surface area contributed by atoms with E-state index in [9.17, 15) is 14.9 Å². The van der Waals surface area contributed by atoms with Crippen LogP contribution in [0.25, 0.3) is 11.1 Å². The van der Waals surface area contributed by atoms with Crippen LogP contribution in [0.1, 0.15) is 10.4 Å². The van der Waals surface area contributed by atoms with Gasteiger partial charge in [0.25, 0.3) is 11.6 Å². The molecule has 0 unspecified atom stereocenters. The molecular weight excluding hydrogens is 348 g/mol. The van der Waals surface area contributed by atoms with E-state index in [2.05, 4.69) is 5.32 Å². The lowest BCUT2D eigenvalue weighted by molar-refractivity contribution is -0.387. The van der Waals surface area contributed by atoms with Gasteiger partial charge in [-0.15, -0.1) is 11.8 Å². The Morgan fingerprint density at radius 3 is 2.23 bits per heavy atom. The van der Waals surface area contributed by atoms with Crippen molar-refractivity contribution in [3.05, 3.63) is 88.5 Å². The van der Waals surface area contributed by atoms with Gasteiger partial charge in [-0.05, 0) is 41.6 Å². The minimum Gasteiger partial charge on any atom is -0.322 e. The molecule has 130 valence electrons. The minimum atomic E-state index is -0.475. The van der Waals surface area contributed by atoms with Crippen molar-refractivity contribution in [2.45, 2.75) is 4.90 Å². The summed E-state index contributed by atoms with van der Waals surface area (Å²) in [6.07, 6.45) is 1.76. The van der Waals surface area contributed by atoms with Crippen molar-refractivity contribution in [3.63, 3.8) is 0 Å². The first kappa shape index (κ1) is 17.7. The van der Waals surface area contributed by atoms with Crippen LogP contribution < -0.4 is 5.32 Å². The summed E-state index contributed by atoms with van der Waals surface area (Å²) in [4.78, 5) is 23.6. The van der Waals surface area contributed by atoms with Gasteiger partial charge in [-0.25, -0.2) is 0 Å². The zero-order chi connectivity index (χ0) is 18.5. The predicted octanol–water partition coefficient (Wildman–Crippen LogP) is 5.24. The van der Waals surface area contributed by atoms with Crippen molar-refractivity contribution < 1.29 is 9.72 Å². The number of anilines is 1. The topological polar surface area (TPSA) is 72.2 Å². The molecule has 0 aliphatic heterocycles. The lowest BCUT2D eigenvalue weighted by atomic mass is 10.1. The highest BCUT2D eigenvalue weighted by Gasteiger charge is 2.17. The van der Waals surface area contributed by atoms with Crippen LogP contribution in [0.2, 0.25) is 0 Å². The summed E-state index contributed by atoms with van der Waals surface area (Å²) in [5.41, 5.74) is 2.95. The van der Waals surface area contributed by atoms with Crippen LogP contribution in [0.5, 0.6) is 0 Å². The van der Waals surface area contributed by atoms with Crippen molar-refractivity contribution in [1.29, 1.82) is 0 Å². The van der Waals surface area contributed by atoms with E-state index in [0.717, 1.165) is 11.1 Å². The molecule has 3 aromatic rings. The predicted molar refractivity (Wildman–Crippen MR) is 105 cm³/mol. The van der Waals surface area contributed by atoms with Crippen LogP contribution >= 0.6 is 11.8 Å². The first-order valence-electron chi connectivity index (χ1n) is 7.88. The monoisotopic (exact) mass is 364 g/mol. The van der Waals surface area contributed by atoms with Crippen molar-refractivity contribution in [2.75, 3.05) is 11.6 Å². The number of nitrogens with zero attached hydrogens (tertiary/aromatic N) is 1. The van der Waals surface area contributed by atoms with E-state index < -0.39 is 4.92 Å². The Balaban J connectivity index is 1.78. The van der Waals surface area contributed by atoms with Crippen LogP contribution in [0.3, 0.4) is 0 Å². The Kier molecular flexibility index (Phi) is 5.34. The number of hydrogen-bond donors (Lipinski definition) is 1. The molecule has 3 aromatic carbocycles. The van der Waals surface area contributed by atoms with E-state index in [0.29, 0.717) is 10.6 Å². The molecule has 6 heteroatoms. The van der Waals surface area contributed by atoms with Gasteiger partial charge in [-0.1, -0.05) is 42.5 Å². The number of carbonyl (C=O) groups excluding carboxylic acids is 1. The standard InChI is InChI=1S/C20H16N2O3S/c1-26-19-12-9-16(13-18(19)22(24)25)20(23)21-17-10-7-15(8-11-17)14-5-3-2-4-6-14/h2-13H,1H3,(H,21,23). The van der Waals surface area contributed by atoms with Crippen LogP contribution in [-0.4, -0.2) is 17.1 Å². The fraction of sp³-hybridized carbons (Fsp3) is 0.0500. The molecule has 0 saturated carbocycles. The number of nitro benzene ring substituents is 1. The first-order valence-corrected chi connectivity index (χ1v) is 9.10. The Morgan fingerprint density at radius 1 is 0.962 bits per heavy atom. The van der Waals surface area contributed by atoms with E-state index in [4.69, 9.17) is 0 Å². The Bertz CT molecular complexity index is 941. The van der Waals surface area contributed by atoms with Gasteiger partial charge in [0.2, 0.25) is 0 Å². The van der Waals surface area contributed by atoms with Gasteiger partial charge in [0, 0.05) is 17.3 Å². The van der Waals surface area contributed by atoms with E-state index in [1.165, 1.54) is 17.8 Å². The van der Waals surface area contributed by atoms with Gasteiger partial charge in [-0.3, -0.25) is 14.9 Å². The number of benzene rings is 3. The fourth-order valence-corrected chi connectivity index (χ4v) is 3.10. The van der Waals surface area contributed by atoms with Crippen LogP contribution in [-0.2, 0) is 0 Å². The van der Waals surface area contributed by atoms with Gasteiger partial charge >= 0.3 is 0 Å². The SMILES string of the molecule is CSc1ccc(C(=O)Nc2ccc(-c3ccccc3)cc2)cc1[N+](=O)[O-]. The third-order valence-corrected chi connectivity index (χ3v) is 4.67. The second-order valence-corrected chi connectivity index (χ2v) is 6.39. The van der Waals surface area contributed by atoms with Gasteiger partial charge in [-0.2, -0.15) is 0 Å². The van der Waals surface area contributed by atoms with Crippen LogP contribution in [0.4, 0.5) is 11.4 Å². The molecule has 0 aliphatic rings. The summed E-state index contributed by atoms with van der Waals surface area (Å²) in [7, 11) is 0. The number of rotatable bonds is 5. The van der Waals surface area contributed by atoms with Crippen LogP contribution in [0, 0.1) is 10.1 Å². The van der Waals surface area contributed by atoms with Gasteiger partial charge in [0.05, 0.1) is 9.82 Å². The quantitative estimate of drug-likeness (QED) is 0.382. The Labute approximate surface area is 155 Å². The van der Waals surface area contributed by atoms with Crippen molar-refractivity contribution >= 4 is 29.0 Å². The molecule has 0 bridgehead atoms. The molecule has 1 amide bonds. The number of amides is 1. The van der Waals surface area contributed by atoms with Gasteiger partial charge in [0.15, 0.2) is 0 Å². The van der Waals surface area contributed by atoms with E-state index in [1.54, 1.807) is 18.4 Å². The molecule has 0 saturated heterocycles. The number of hydrogen-bond acceptors (Lipinski definition) is 4. The van der Waals surface area contributed by atoms with Crippen molar-refractivity contribution in [3.8, 4) is 11.1 Å². The van der Waals surface area contributed by atoms with Gasteiger partial charge in [0.1, 0.15) is 0 Å². The molecule has 0 radical (unpaired) electrons. The summed E-state index contributed by atoms with van der Waals surface area (Å²) >= 11 is 1.27. The molecular formula is C20H16N2O3S. The Hall–Kier alpha value is -3.12. The largest absolute Gasteiger partial charge is 0.322 e. The highest BCUT2D eigenvalue weighted by atomic mass is 32.2. The molecule has 26 heavy (non-hydrogen) atoms. The number of nitrogens with one attached hydrogen (secondary N) is 1. The van der Waals surface area contributed by atoms with E-state index in [1.807, 2.05) is 54.6 Å². The molecule has 0 aliphatic carbocycles. The second kappa shape index (κ2) is 7.84. The van der Waals surface area contributed by atoms with E-state index >= 15 is 0 Å². The zero-order valence-corrected chi connectivity index (χ0v) is 14.8. The van der Waals surface area contributed by atoms with Gasteiger partial charge < -0.3 is 5.32 Å². The lowest BCUT2D eigenvalue weighted by Crippen LogP contribution is -2.12. The highest BCUT2D eigenvalue weighted by molar-refractivity contribution is 7.98. The summed E-state index contributed by atoms with van der Waals surface area (Å²) in [5, 5.41) is 13.9. The maximum atomic E-state index is 12.4. The molecule has 3 rings (SSSR count). The number of carbonyl (C=O) groups is 1. The van der Waals surface area contributed by atoms with Crippen molar-refractivity contribution in [2.24, 2.45) is 0 Å². The van der Waals surface area contributed by atoms with E-state index in [-0.39, 0.29) is 17.2 Å². The molecule has 0 atom stereocenters. The second-order valence-electron chi connectivity index (χ2n) is 5.54. The minimum absolute atomic E-state index is 0.0652. The molecule has 0 fully saturated rings. The zero-order valence-electron chi connectivity index (χ0n) is 14.0. The normalized spacial score (nSPS) is 10.3. The molecule has 0 aromatic heterocycles. The average molecular weight is 364 g/mol. The average Bonchev–Trinajstić information content (AvgIpc) is 2.68. The molecule has 5 nitrogen and oxygen atoms in total. The number of nitro groups is 1. The molecule has 1 N–H and O–H groups in total. The van der Waals surface area contributed by atoms with Crippen molar-refractivity contribution in [1.82, 2.24) is 0 Å². The smallest absolute Gasteiger partial charge is 0.283 e. The Morgan fingerprint density at radius 2 is 1.62 bits per heavy atom. The summed E-state index contributed by atoms with van der Waals surface area (Å²) in [6, 6.07) is 21.9. The lowest BCUT2D eigenvalue weighted by Gasteiger charge is -2.08. The summed E-state index contributed by atoms with van der Waals surface area (Å²) in [6.45, 7) is 0. The maximum absolute atomic E-state index is 12.4. The third kappa shape index (κ3) is 3.92. The summed E-state index contributed by atoms with van der Waals surface area (Å²) in [5.74, 6) is -0.381. The molecule has 0 spiro atoms. The summed E-state index contributed by atoms with van der Waals surface area (Å²) < 4.78 is 0. The number of thioether (sulfide) groups is 1.